The molecule has 0 saturated heterocycles. The van der Waals surface area contributed by atoms with Gasteiger partial charge in [-0.1, -0.05) is 19.1 Å². The molecule has 144 valence electrons. The zero-order valence-corrected chi connectivity index (χ0v) is 15.7. The first kappa shape index (κ1) is 20.3. The smallest absolute Gasteiger partial charge is 0.325 e. The highest BCUT2D eigenvalue weighted by Crippen LogP contribution is 2.13. The summed E-state index contributed by atoms with van der Waals surface area (Å²) in [5.74, 6) is 0.579. The molecule has 0 radical (unpaired) electrons. The van der Waals surface area contributed by atoms with Crippen LogP contribution in [0.25, 0.3) is 0 Å². The molecule has 6 heteroatoms. The first-order chi connectivity index (χ1) is 13.1. The predicted molar refractivity (Wildman–Crippen MR) is 102 cm³/mol. The van der Waals surface area contributed by atoms with Gasteiger partial charge < -0.3 is 19.5 Å². The molecule has 0 bridgehead atoms. The van der Waals surface area contributed by atoms with E-state index in [2.05, 4.69) is 12.2 Å². The van der Waals surface area contributed by atoms with Gasteiger partial charge in [-0.15, -0.1) is 0 Å². The van der Waals surface area contributed by atoms with E-state index in [4.69, 9.17) is 14.2 Å². The lowest BCUT2D eigenvalue weighted by Crippen LogP contribution is -2.31. The van der Waals surface area contributed by atoms with Gasteiger partial charge >= 0.3 is 5.97 Å². The number of benzene rings is 2. The van der Waals surface area contributed by atoms with Crippen molar-refractivity contribution < 1.29 is 23.8 Å². The van der Waals surface area contributed by atoms with Gasteiger partial charge in [0.05, 0.1) is 6.61 Å². The third kappa shape index (κ3) is 7.01. The largest absolute Gasteiger partial charge is 0.494 e. The molecule has 0 heterocycles. The Labute approximate surface area is 159 Å². The maximum atomic E-state index is 12.0. The molecule has 0 aliphatic rings. The van der Waals surface area contributed by atoms with E-state index in [1.165, 1.54) is 5.56 Å². The van der Waals surface area contributed by atoms with Crippen LogP contribution in [0.4, 0.5) is 0 Å². The van der Waals surface area contributed by atoms with Gasteiger partial charge in [0.1, 0.15) is 31.3 Å². The van der Waals surface area contributed by atoms with Gasteiger partial charge in [-0.25, -0.2) is 0 Å². The summed E-state index contributed by atoms with van der Waals surface area (Å²) in [6.45, 7) is 4.70. The van der Waals surface area contributed by atoms with E-state index in [1.807, 2.05) is 31.2 Å². The summed E-state index contributed by atoms with van der Waals surface area (Å²) in [6.07, 6.45) is 0.931. The van der Waals surface area contributed by atoms with E-state index < -0.39 is 5.97 Å². The van der Waals surface area contributed by atoms with Gasteiger partial charge in [-0.3, -0.25) is 9.59 Å². The van der Waals surface area contributed by atoms with Crippen LogP contribution in [0.2, 0.25) is 0 Å². The van der Waals surface area contributed by atoms with Crippen molar-refractivity contribution in [2.45, 2.75) is 20.3 Å². The quantitative estimate of drug-likeness (QED) is 0.513. The third-order valence-corrected chi connectivity index (χ3v) is 3.74. The molecule has 0 unspecified atom stereocenters. The first-order valence-corrected chi connectivity index (χ1v) is 9.00. The average Bonchev–Trinajstić information content (AvgIpc) is 2.70. The highest BCUT2D eigenvalue weighted by Gasteiger charge is 2.09. The maximum Gasteiger partial charge on any atom is 0.325 e. The first-order valence-electron chi connectivity index (χ1n) is 9.00. The molecule has 2 rings (SSSR count). The zero-order valence-electron chi connectivity index (χ0n) is 15.7. The van der Waals surface area contributed by atoms with Crippen molar-refractivity contribution in [3.63, 3.8) is 0 Å². The minimum absolute atomic E-state index is 0.119. The second-order valence-corrected chi connectivity index (χ2v) is 5.71. The summed E-state index contributed by atoms with van der Waals surface area (Å²) in [7, 11) is 0. The van der Waals surface area contributed by atoms with Crippen molar-refractivity contribution >= 4 is 11.9 Å². The summed E-state index contributed by atoms with van der Waals surface area (Å²) in [4.78, 5) is 23.7. The molecule has 1 N–H and O–H groups in total. The molecular formula is C21H25NO5. The Balaban J connectivity index is 1.65. The molecule has 0 saturated carbocycles. The predicted octanol–water partition coefficient (Wildman–Crippen LogP) is 3.00. The van der Waals surface area contributed by atoms with Crippen LogP contribution >= 0.6 is 0 Å². The van der Waals surface area contributed by atoms with Crippen LogP contribution in [-0.2, 0) is 16.0 Å². The Morgan fingerprint density at radius 1 is 0.926 bits per heavy atom. The summed E-state index contributed by atoms with van der Waals surface area (Å²) in [6, 6.07) is 14.5. The second-order valence-electron chi connectivity index (χ2n) is 5.71. The topological polar surface area (TPSA) is 73.9 Å². The zero-order chi connectivity index (χ0) is 19.5. The molecule has 0 aliphatic carbocycles. The Kier molecular flexibility index (Phi) is 8.16. The molecular weight excluding hydrogens is 346 g/mol. The fourth-order valence-corrected chi connectivity index (χ4v) is 2.34. The van der Waals surface area contributed by atoms with Crippen LogP contribution in [0.15, 0.2) is 48.5 Å². The lowest BCUT2D eigenvalue weighted by molar-refractivity contribution is -0.143. The van der Waals surface area contributed by atoms with Crippen molar-refractivity contribution in [3.8, 4) is 11.5 Å². The molecule has 27 heavy (non-hydrogen) atoms. The molecule has 2 aromatic rings. The number of rotatable bonds is 10. The van der Waals surface area contributed by atoms with Crippen LogP contribution < -0.4 is 14.8 Å². The molecule has 0 aromatic heterocycles. The van der Waals surface area contributed by atoms with Crippen molar-refractivity contribution in [1.29, 1.82) is 0 Å². The van der Waals surface area contributed by atoms with Crippen LogP contribution in [0, 0.1) is 0 Å². The summed E-state index contributed by atoms with van der Waals surface area (Å²) in [5, 5.41) is 2.53. The van der Waals surface area contributed by atoms with E-state index >= 15 is 0 Å². The second kappa shape index (κ2) is 10.9. The molecule has 1 amide bonds. The van der Waals surface area contributed by atoms with Gasteiger partial charge in [0, 0.05) is 5.56 Å². The van der Waals surface area contributed by atoms with Crippen LogP contribution in [0.5, 0.6) is 11.5 Å². The van der Waals surface area contributed by atoms with Gasteiger partial charge in [-0.2, -0.15) is 0 Å². The van der Waals surface area contributed by atoms with E-state index in [1.54, 1.807) is 24.3 Å². The number of hydrogen-bond donors (Lipinski definition) is 1. The lowest BCUT2D eigenvalue weighted by atomic mass is 10.2. The van der Waals surface area contributed by atoms with E-state index in [0.29, 0.717) is 17.9 Å². The minimum Gasteiger partial charge on any atom is -0.494 e. The molecule has 6 nitrogen and oxygen atoms in total. The Bertz CT molecular complexity index is 742. The monoisotopic (exact) mass is 371 g/mol. The number of amides is 1. The normalized spacial score (nSPS) is 10.1. The van der Waals surface area contributed by atoms with Gasteiger partial charge in [0.15, 0.2) is 0 Å². The van der Waals surface area contributed by atoms with Crippen LogP contribution in [0.3, 0.4) is 0 Å². The van der Waals surface area contributed by atoms with Crippen molar-refractivity contribution in [3.05, 3.63) is 59.7 Å². The van der Waals surface area contributed by atoms with Crippen LogP contribution in [-0.4, -0.2) is 38.2 Å². The number of ether oxygens (including phenoxy) is 3. The van der Waals surface area contributed by atoms with Crippen molar-refractivity contribution in [2.24, 2.45) is 0 Å². The molecule has 0 atom stereocenters. The maximum absolute atomic E-state index is 12.0. The van der Waals surface area contributed by atoms with Crippen LogP contribution in [0.1, 0.15) is 29.8 Å². The molecule has 2 aromatic carbocycles. The third-order valence-electron chi connectivity index (χ3n) is 3.74. The number of carbonyl (C=O) groups is 2. The SMILES string of the molecule is CCOc1ccc(C(=O)NCC(=O)OCCOc2cccc(CC)c2)cc1. The van der Waals surface area contributed by atoms with E-state index in [0.717, 1.165) is 12.2 Å². The Morgan fingerprint density at radius 2 is 1.70 bits per heavy atom. The molecule has 0 spiro atoms. The molecule has 0 aliphatic heterocycles. The van der Waals surface area contributed by atoms with Gasteiger partial charge in [0.25, 0.3) is 5.91 Å². The Morgan fingerprint density at radius 3 is 2.41 bits per heavy atom. The number of carbonyl (C=O) groups excluding carboxylic acids is 2. The number of hydrogen-bond acceptors (Lipinski definition) is 5. The number of aryl methyl sites for hydroxylation is 1. The number of esters is 1. The fraction of sp³-hybridized carbons (Fsp3) is 0.333. The Hall–Kier alpha value is -3.02. The average molecular weight is 371 g/mol. The van der Waals surface area contributed by atoms with Crippen molar-refractivity contribution in [2.75, 3.05) is 26.4 Å². The summed E-state index contributed by atoms with van der Waals surface area (Å²) >= 11 is 0. The fourth-order valence-electron chi connectivity index (χ4n) is 2.34. The van der Waals surface area contributed by atoms with Gasteiger partial charge in [-0.05, 0) is 55.3 Å². The van der Waals surface area contributed by atoms with Gasteiger partial charge in [0.2, 0.25) is 0 Å². The number of nitrogens with one attached hydrogen (secondary N) is 1. The van der Waals surface area contributed by atoms with Crippen molar-refractivity contribution in [1.82, 2.24) is 5.32 Å². The summed E-state index contributed by atoms with van der Waals surface area (Å²) < 4.78 is 15.9. The highest BCUT2D eigenvalue weighted by molar-refractivity contribution is 5.96. The van der Waals surface area contributed by atoms with E-state index in [9.17, 15) is 9.59 Å². The lowest BCUT2D eigenvalue weighted by Gasteiger charge is -2.09. The molecule has 0 fully saturated rings. The summed E-state index contributed by atoms with van der Waals surface area (Å²) in [5.41, 5.74) is 1.63. The van der Waals surface area contributed by atoms with E-state index in [-0.39, 0.29) is 25.7 Å². The standard InChI is InChI=1S/C21H25NO5/c1-3-16-6-5-7-19(14-16)26-12-13-27-20(23)15-22-21(24)17-8-10-18(11-9-17)25-4-2/h5-11,14H,3-4,12-13,15H2,1-2H3,(H,22,24). The highest BCUT2D eigenvalue weighted by atomic mass is 16.6. The minimum atomic E-state index is -0.514.